The van der Waals surface area contributed by atoms with Gasteiger partial charge in [-0.1, -0.05) is 14.9 Å². The van der Waals surface area contributed by atoms with Crippen LogP contribution in [0, 0.1) is 0 Å². The molecule has 0 saturated carbocycles. The molecule has 1 saturated heterocycles. The molecule has 0 aromatic carbocycles. The summed E-state index contributed by atoms with van der Waals surface area (Å²) in [4.78, 5) is 11.1. The molecule has 0 radical (unpaired) electrons. The van der Waals surface area contributed by atoms with Gasteiger partial charge < -0.3 is 10.1 Å². The number of ether oxygens (including phenoxy) is 1. The molecule has 0 atom stereocenters. The van der Waals surface area contributed by atoms with E-state index in [9.17, 15) is 13.2 Å². The van der Waals surface area contributed by atoms with Crippen molar-refractivity contribution in [1.82, 2.24) is 5.32 Å². The van der Waals surface area contributed by atoms with Crippen molar-refractivity contribution in [3.05, 3.63) is 0 Å². The van der Waals surface area contributed by atoms with Crippen LogP contribution in [-0.2, 0) is 19.4 Å². The third kappa shape index (κ3) is 9.43. The number of amides is 1. The van der Waals surface area contributed by atoms with Crippen molar-refractivity contribution in [1.29, 1.82) is 0 Å². The van der Waals surface area contributed by atoms with Gasteiger partial charge in [-0.05, 0) is 0 Å². The molecular formula is C10H23NO4S2. The van der Waals surface area contributed by atoms with E-state index in [0.29, 0.717) is 12.3 Å². The summed E-state index contributed by atoms with van der Waals surface area (Å²) in [7, 11) is -3.01. The van der Waals surface area contributed by atoms with E-state index in [2.05, 4.69) is 5.32 Å². The van der Waals surface area contributed by atoms with E-state index in [1.807, 2.05) is 0 Å². The second-order valence-electron chi connectivity index (χ2n) is 3.17. The highest BCUT2D eigenvalue weighted by atomic mass is 32.2. The standard InChI is InChI=1S/C8H15NO4S2.2CH4/c10-8-7-13-2-5-15(11,12)6-4-14-3-1-9-8;;/h1-7H2,(H,9,10);2*1H4. The molecule has 1 fully saturated rings. The molecule has 7 heteroatoms. The third-order valence-electron chi connectivity index (χ3n) is 1.88. The van der Waals surface area contributed by atoms with Crippen molar-refractivity contribution < 1.29 is 17.9 Å². The largest absolute Gasteiger partial charge is 0.371 e. The lowest BCUT2D eigenvalue weighted by atomic mass is 10.6. The Hall–Kier alpha value is -0.270. The second-order valence-corrected chi connectivity index (χ2v) is 6.70. The number of thioether (sulfide) groups is 1. The Balaban J connectivity index is 0. The minimum atomic E-state index is -3.01. The Kier molecular flexibility index (Phi) is 10.9. The molecule has 1 rings (SSSR count). The van der Waals surface area contributed by atoms with E-state index < -0.39 is 9.84 Å². The normalized spacial score (nSPS) is 21.8. The van der Waals surface area contributed by atoms with Gasteiger partial charge in [0.2, 0.25) is 5.91 Å². The second kappa shape index (κ2) is 9.73. The molecule has 0 spiro atoms. The van der Waals surface area contributed by atoms with E-state index >= 15 is 0 Å². The molecule has 104 valence electrons. The Bertz CT molecular complexity index is 303. The van der Waals surface area contributed by atoms with Crippen molar-refractivity contribution in [3.8, 4) is 0 Å². The number of sulfone groups is 1. The first-order valence-electron chi connectivity index (χ1n) is 4.73. The topological polar surface area (TPSA) is 72.5 Å². The fourth-order valence-electron chi connectivity index (χ4n) is 1.05. The molecule has 1 aliphatic rings. The smallest absolute Gasteiger partial charge is 0.246 e. The first-order valence-corrected chi connectivity index (χ1v) is 7.70. The average molecular weight is 285 g/mol. The van der Waals surface area contributed by atoms with Gasteiger partial charge in [-0.3, -0.25) is 4.79 Å². The van der Waals surface area contributed by atoms with E-state index in [1.54, 1.807) is 0 Å². The van der Waals surface area contributed by atoms with Crippen LogP contribution in [0.15, 0.2) is 0 Å². The van der Waals surface area contributed by atoms with Crippen LogP contribution < -0.4 is 5.32 Å². The highest BCUT2D eigenvalue weighted by Crippen LogP contribution is 2.02. The third-order valence-corrected chi connectivity index (χ3v) is 4.74. The lowest BCUT2D eigenvalue weighted by molar-refractivity contribution is -0.125. The maximum atomic E-state index is 11.4. The van der Waals surface area contributed by atoms with Crippen molar-refractivity contribution in [3.63, 3.8) is 0 Å². The molecule has 0 bridgehead atoms. The molecule has 0 aliphatic carbocycles. The molecule has 1 heterocycles. The molecule has 1 N–H and O–H groups in total. The fraction of sp³-hybridized carbons (Fsp3) is 0.900. The van der Waals surface area contributed by atoms with Gasteiger partial charge in [0, 0.05) is 18.1 Å². The zero-order valence-corrected chi connectivity index (χ0v) is 10.0. The quantitative estimate of drug-likeness (QED) is 0.704. The number of hydrogen-bond acceptors (Lipinski definition) is 5. The average Bonchev–Trinajstić information content (AvgIpc) is 2.16. The van der Waals surface area contributed by atoms with Gasteiger partial charge in [-0.25, -0.2) is 8.42 Å². The highest BCUT2D eigenvalue weighted by Gasteiger charge is 2.12. The molecule has 0 aromatic heterocycles. The highest BCUT2D eigenvalue weighted by molar-refractivity contribution is 8.00. The fourth-order valence-corrected chi connectivity index (χ4v) is 3.57. The Morgan fingerprint density at radius 3 is 2.59 bits per heavy atom. The first kappa shape index (κ1) is 19.1. The summed E-state index contributed by atoms with van der Waals surface area (Å²) in [5.41, 5.74) is 0. The van der Waals surface area contributed by atoms with Crippen LogP contribution in [0.4, 0.5) is 0 Å². The molecule has 1 amide bonds. The minimum absolute atomic E-state index is 0. The molecular weight excluding hydrogens is 262 g/mol. The van der Waals surface area contributed by atoms with E-state index in [-0.39, 0.29) is 45.5 Å². The maximum Gasteiger partial charge on any atom is 0.246 e. The monoisotopic (exact) mass is 285 g/mol. The Labute approximate surface area is 109 Å². The van der Waals surface area contributed by atoms with Crippen molar-refractivity contribution in [2.75, 3.05) is 42.8 Å². The Morgan fingerprint density at radius 1 is 1.18 bits per heavy atom. The van der Waals surface area contributed by atoms with E-state index in [4.69, 9.17) is 4.74 Å². The lowest BCUT2D eigenvalue weighted by Gasteiger charge is -2.09. The summed E-state index contributed by atoms with van der Waals surface area (Å²) in [6.07, 6.45) is 0. The van der Waals surface area contributed by atoms with Gasteiger partial charge in [0.15, 0.2) is 9.84 Å². The number of nitrogens with one attached hydrogen (secondary N) is 1. The predicted molar refractivity (Wildman–Crippen MR) is 73.3 cm³/mol. The SMILES string of the molecule is C.C.O=C1COCCS(=O)(=O)CCSCCN1. The summed E-state index contributed by atoms with van der Waals surface area (Å²) in [6, 6.07) is 0. The van der Waals surface area contributed by atoms with Crippen LogP contribution >= 0.6 is 11.8 Å². The van der Waals surface area contributed by atoms with Crippen molar-refractivity contribution in [2.45, 2.75) is 14.9 Å². The summed E-state index contributed by atoms with van der Waals surface area (Å²) in [6.45, 7) is 0.605. The van der Waals surface area contributed by atoms with Crippen LogP contribution in [0.2, 0.25) is 0 Å². The van der Waals surface area contributed by atoms with Crippen LogP contribution in [-0.4, -0.2) is 57.1 Å². The summed E-state index contributed by atoms with van der Waals surface area (Å²) >= 11 is 1.54. The maximum absolute atomic E-state index is 11.4. The Morgan fingerprint density at radius 2 is 1.88 bits per heavy atom. The van der Waals surface area contributed by atoms with Gasteiger partial charge in [0.05, 0.1) is 18.1 Å². The van der Waals surface area contributed by atoms with Crippen LogP contribution in [0.25, 0.3) is 0 Å². The molecule has 0 unspecified atom stereocenters. The minimum Gasteiger partial charge on any atom is -0.371 e. The number of carbonyl (C=O) groups excluding carboxylic acids is 1. The lowest BCUT2D eigenvalue weighted by Crippen LogP contribution is -2.31. The zero-order chi connectivity index (χ0) is 11.1. The molecule has 0 aromatic rings. The van der Waals surface area contributed by atoms with E-state index in [0.717, 1.165) is 5.75 Å². The number of carbonyl (C=O) groups is 1. The number of hydrogen-bond donors (Lipinski definition) is 1. The van der Waals surface area contributed by atoms with Crippen LogP contribution in [0.3, 0.4) is 0 Å². The molecule has 1 aliphatic heterocycles. The number of rotatable bonds is 0. The van der Waals surface area contributed by atoms with Gasteiger partial charge in [-0.2, -0.15) is 11.8 Å². The van der Waals surface area contributed by atoms with Crippen molar-refractivity contribution in [2.24, 2.45) is 0 Å². The first-order chi connectivity index (χ1) is 7.10. The molecule has 5 nitrogen and oxygen atoms in total. The van der Waals surface area contributed by atoms with Gasteiger partial charge in [0.25, 0.3) is 0 Å². The summed E-state index contributed by atoms with van der Waals surface area (Å²) < 4.78 is 27.7. The van der Waals surface area contributed by atoms with Gasteiger partial charge in [-0.15, -0.1) is 0 Å². The van der Waals surface area contributed by atoms with E-state index in [1.165, 1.54) is 11.8 Å². The van der Waals surface area contributed by atoms with Crippen molar-refractivity contribution >= 4 is 27.5 Å². The van der Waals surface area contributed by atoms with Gasteiger partial charge >= 0.3 is 0 Å². The van der Waals surface area contributed by atoms with Crippen LogP contribution in [0.1, 0.15) is 14.9 Å². The predicted octanol–water partition coefficient (Wildman–Crippen LogP) is 0.553. The zero-order valence-electron chi connectivity index (χ0n) is 8.40. The summed E-state index contributed by atoms with van der Waals surface area (Å²) in [5.74, 6) is 1.32. The molecule has 17 heavy (non-hydrogen) atoms. The van der Waals surface area contributed by atoms with Crippen LogP contribution in [0.5, 0.6) is 0 Å². The van der Waals surface area contributed by atoms with Gasteiger partial charge in [0.1, 0.15) is 6.61 Å². The summed E-state index contributed by atoms with van der Waals surface area (Å²) in [5, 5.41) is 2.69.